The Kier molecular flexibility index (Phi) is 5.62. The summed E-state index contributed by atoms with van der Waals surface area (Å²) in [4.78, 5) is 11.2. The van der Waals surface area contributed by atoms with Crippen molar-refractivity contribution in [2.75, 3.05) is 31.1 Å². The highest BCUT2D eigenvalue weighted by atomic mass is 32.2. The van der Waals surface area contributed by atoms with Crippen LogP contribution in [0, 0.1) is 6.92 Å². The fourth-order valence-electron chi connectivity index (χ4n) is 3.62. The van der Waals surface area contributed by atoms with Gasteiger partial charge in [-0.05, 0) is 43.7 Å². The van der Waals surface area contributed by atoms with E-state index in [2.05, 4.69) is 14.9 Å². The molecule has 3 aromatic rings. The Bertz CT molecular complexity index is 1160. The highest BCUT2D eigenvalue weighted by molar-refractivity contribution is 7.89. The number of rotatable bonds is 5. The summed E-state index contributed by atoms with van der Waals surface area (Å²) >= 11 is 0. The Morgan fingerprint density at radius 3 is 2.33 bits per heavy atom. The minimum absolute atomic E-state index is 0.0242. The van der Waals surface area contributed by atoms with Crippen LogP contribution < -0.4 is 9.64 Å². The predicted octanol–water partition coefficient (Wildman–Crippen LogP) is 3.24. The molecule has 7 nitrogen and oxygen atoms in total. The van der Waals surface area contributed by atoms with Crippen molar-refractivity contribution in [3.63, 3.8) is 0 Å². The standard InChI is InChI=1S/C22H26N4O3S/c1-16(2)29-22-15-21(23-17(3)24-22)25-10-12-26(13-11-25)30(27,28)20-9-8-18-6-4-5-7-19(18)14-20/h4-9,14-16H,10-13H2,1-3H3. The van der Waals surface area contributed by atoms with Gasteiger partial charge in [0.2, 0.25) is 15.9 Å². The first-order chi connectivity index (χ1) is 14.3. The van der Waals surface area contributed by atoms with Crippen LogP contribution in [0.5, 0.6) is 5.88 Å². The van der Waals surface area contributed by atoms with Crippen LogP contribution in [0.15, 0.2) is 53.4 Å². The fourth-order valence-corrected chi connectivity index (χ4v) is 5.08. The number of aromatic nitrogens is 2. The van der Waals surface area contributed by atoms with Crippen LogP contribution in [-0.2, 0) is 10.0 Å². The van der Waals surface area contributed by atoms with Crippen LogP contribution in [0.3, 0.4) is 0 Å². The van der Waals surface area contributed by atoms with Crippen LogP contribution in [0.1, 0.15) is 19.7 Å². The summed E-state index contributed by atoms with van der Waals surface area (Å²) in [5.41, 5.74) is 0. The lowest BCUT2D eigenvalue weighted by Crippen LogP contribution is -2.49. The maximum Gasteiger partial charge on any atom is 0.243 e. The molecule has 30 heavy (non-hydrogen) atoms. The molecular formula is C22H26N4O3S. The monoisotopic (exact) mass is 426 g/mol. The number of hydrogen-bond acceptors (Lipinski definition) is 6. The molecule has 1 saturated heterocycles. The minimum Gasteiger partial charge on any atom is -0.475 e. The van der Waals surface area contributed by atoms with Gasteiger partial charge in [-0.1, -0.05) is 30.3 Å². The van der Waals surface area contributed by atoms with Crippen molar-refractivity contribution in [3.05, 3.63) is 54.4 Å². The molecule has 0 amide bonds. The molecule has 0 unspecified atom stereocenters. The Morgan fingerprint density at radius 2 is 1.63 bits per heavy atom. The summed E-state index contributed by atoms with van der Waals surface area (Å²) < 4.78 is 33.6. The molecule has 1 aliphatic rings. The average Bonchev–Trinajstić information content (AvgIpc) is 2.72. The van der Waals surface area contributed by atoms with Crippen molar-refractivity contribution in [1.29, 1.82) is 0 Å². The quantitative estimate of drug-likeness (QED) is 0.624. The maximum absolute atomic E-state index is 13.2. The van der Waals surface area contributed by atoms with Gasteiger partial charge in [0.25, 0.3) is 0 Å². The topological polar surface area (TPSA) is 75.6 Å². The molecule has 0 bridgehead atoms. The summed E-state index contributed by atoms with van der Waals surface area (Å²) in [6, 6.07) is 14.9. The van der Waals surface area contributed by atoms with E-state index in [0.717, 1.165) is 16.6 Å². The van der Waals surface area contributed by atoms with E-state index in [4.69, 9.17) is 4.74 Å². The van der Waals surface area contributed by atoms with Gasteiger partial charge in [-0.25, -0.2) is 13.4 Å². The number of benzene rings is 2. The zero-order chi connectivity index (χ0) is 21.3. The van der Waals surface area contributed by atoms with Gasteiger partial charge in [0, 0.05) is 32.2 Å². The Balaban J connectivity index is 1.50. The third-order valence-corrected chi connectivity index (χ3v) is 6.97. The molecule has 1 aromatic heterocycles. The number of aryl methyl sites for hydroxylation is 1. The van der Waals surface area contributed by atoms with E-state index in [0.29, 0.717) is 42.8 Å². The van der Waals surface area contributed by atoms with Gasteiger partial charge < -0.3 is 9.64 Å². The van der Waals surface area contributed by atoms with E-state index >= 15 is 0 Å². The second-order valence-electron chi connectivity index (χ2n) is 7.68. The molecule has 0 atom stereocenters. The van der Waals surface area contributed by atoms with Crippen molar-refractivity contribution in [2.45, 2.75) is 31.8 Å². The molecular weight excluding hydrogens is 400 g/mol. The Hall–Kier alpha value is -2.71. The SMILES string of the molecule is Cc1nc(OC(C)C)cc(N2CCN(S(=O)(=O)c3ccc4ccccc4c3)CC2)n1. The van der Waals surface area contributed by atoms with E-state index in [9.17, 15) is 8.42 Å². The Labute approximate surface area is 177 Å². The first-order valence-corrected chi connectivity index (χ1v) is 11.5. The molecule has 1 aliphatic heterocycles. The third kappa shape index (κ3) is 4.24. The molecule has 1 fully saturated rings. The fraction of sp³-hybridized carbons (Fsp3) is 0.364. The number of fused-ring (bicyclic) bond motifs is 1. The Morgan fingerprint density at radius 1 is 0.933 bits per heavy atom. The number of hydrogen-bond donors (Lipinski definition) is 0. The molecule has 4 rings (SSSR count). The summed E-state index contributed by atoms with van der Waals surface area (Å²) in [5.74, 6) is 1.94. The zero-order valence-corrected chi connectivity index (χ0v) is 18.3. The van der Waals surface area contributed by atoms with Gasteiger partial charge in [0.1, 0.15) is 11.6 Å². The summed E-state index contributed by atoms with van der Waals surface area (Å²) in [5, 5.41) is 1.95. The van der Waals surface area contributed by atoms with Crippen LogP contribution in [0.4, 0.5) is 5.82 Å². The lowest BCUT2D eigenvalue weighted by Gasteiger charge is -2.34. The van der Waals surface area contributed by atoms with E-state index in [1.807, 2.05) is 57.2 Å². The molecule has 2 heterocycles. The first-order valence-electron chi connectivity index (χ1n) is 10.1. The van der Waals surface area contributed by atoms with Crippen molar-refractivity contribution < 1.29 is 13.2 Å². The molecule has 2 aromatic carbocycles. The van der Waals surface area contributed by atoms with Gasteiger partial charge in [0.05, 0.1) is 11.0 Å². The predicted molar refractivity (Wildman–Crippen MR) is 117 cm³/mol. The maximum atomic E-state index is 13.2. The number of nitrogens with zero attached hydrogens (tertiary/aromatic N) is 4. The second-order valence-corrected chi connectivity index (χ2v) is 9.62. The van der Waals surface area contributed by atoms with Crippen molar-refractivity contribution >= 4 is 26.6 Å². The van der Waals surface area contributed by atoms with Crippen LogP contribution in [0.2, 0.25) is 0 Å². The molecule has 8 heteroatoms. The van der Waals surface area contributed by atoms with Crippen LogP contribution >= 0.6 is 0 Å². The number of ether oxygens (including phenoxy) is 1. The average molecular weight is 427 g/mol. The highest BCUT2D eigenvalue weighted by Crippen LogP contribution is 2.25. The van der Waals surface area contributed by atoms with E-state index < -0.39 is 10.0 Å². The lowest BCUT2D eigenvalue weighted by atomic mass is 10.1. The molecule has 0 aliphatic carbocycles. The van der Waals surface area contributed by atoms with Crippen molar-refractivity contribution in [3.8, 4) is 5.88 Å². The lowest BCUT2D eigenvalue weighted by molar-refractivity contribution is 0.231. The van der Waals surface area contributed by atoms with Gasteiger partial charge in [0.15, 0.2) is 0 Å². The molecule has 0 N–H and O–H groups in total. The van der Waals surface area contributed by atoms with E-state index in [-0.39, 0.29) is 6.10 Å². The summed E-state index contributed by atoms with van der Waals surface area (Å²) in [7, 11) is -3.54. The minimum atomic E-state index is -3.54. The molecule has 0 saturated carbocycles. The van der Waals surface area contributed by atoms with Gasteiger partial charge in [-0.3, -0.25) is 0 Å². The zero-order valence-electron chi connectivity index (χ0n) is 17.4. The van der Waals surface area contributed by atoms with E-state index in [1.165, 1.54) is 0 Å². The molecule has 0 radical (unpaired) electrons. The smallest absolute Gasteiger partial charge is 0.243 e. The van der Waals surface area contributed by atoms with Crippen LogP contribution in [0.25, 0.3) is 10.8 Å². The number of anilines is 1. The van der Waals surface area contributed by atoms with Gasteiger partial charge >= 0.3 is 0 Å². The summed E-state index contributed by atoms with van der Waals surface area (Å²) in [6.07, 6.45) is 0.0242. The van der Waals surface area contributed by atoms with Crippen molar-refractivity contribution in [1.82, 2.24) is 14.3 Å². The normalized spacial score (nSPS) is 15.7. The number of piperazine rings is 1. The number of sulfonamides is 1. The van der Waals surface area contributed by atoms with Crippen LogP contribution in [-0.4, -0.2) is 55.0 Å². The third-order valence-electron chi connectivity index (χ3n) is 5.08. The molecule has 0 spiro atoms. The van der Waals surface area contributed by atoms with E-state index in [1.54, 1.807) is 16.4 Å². The summed E-state index contributed by atoms with van der Waals surface area (Å²) in [6.45, 7) is 7.66. The van der Waals surface area contributed by atoms with Crippen molar-refractivity contribution in [2.24, 2.45) is 0 Å². The van der Waals surface area contributed by atoms with Gasteiger partial charge in [-0.2, -0.15) is 9.29 Å². The highest BCUT2D eigenvalue weighted by Gasteiger charge is 2.29. The van der Waals surface area contributed by atoms with Gasteiger partial charge in [-0.15, -0.1) is 0 Å². The molecule has 158 valence electrons. The first kappa shape index (κ1) is 20.6. The largest absolute Gasteiger partial charge is 0.475 e. The second kappa shape index (κ2) is 8.20.